The summed E-state index contributed by atoms with van der Waals surface area (Å²) in [5.74, 6) is 0.761. The van der Waals surface area contributed by atoms with Crippen molar-refractivity contribution in [2.45, 2.75) is 74.8 Å². The molecule has 4 unspecified atom stereocenters. The topological polar surface area (TPSA) is 29.1 Å². The maximum Gasteiger partial charge on any atom is 0.0506 e. The Morgan fingerprint density at radius 2 is 1.76 bits per heavy atom. The smallest absolute Gasteiger partial charge is 0.0506 e. The van der Waals surface area contributed by atoms with E-state index in [2.05, 4.69) is 12.2 Å². The van der Waals surface area contributed by atoms with E-state index >= 15 is 0 Å². The van der Waals surface area contributed by atoms with Gasteiger partial charge in [-0.3, -0.25) is 4.21 Å². The Kier molecular flexibility index (Phi) is 5.04. The first kappa shape index (κ1) is 13.5. The average molecular weight is 257 g/mol. The van der Waals surface area contributed by atoms with Gasteiger partial charge < -0.3 is 5.32 Å². The van der Waals surface area contributed by atoms with Gasteiger partial charge in [0.2, 0.25) is 0 Å². The molecular formula is C14H27NOS. The van der Waals surface area contributed by atoms with Crippen LogP contribution in [-0.2, 0) is 10.8 Å². The van der Waals surface area contributed by atoms with E-state index in [1.54, 1.807) is 0 Å². The van der Waals surface area contributed by atoms with Gasteiger partial charge >= 0.3 is 0 Å². The average Bonchev–Trinajstić information content (AvgIpc) is 2.39. The Morgan fingerprint density at radius 1 is 1.06 bits per heavy atom. The van der Waals surface area contributed by atoms with E-state index in [1.807, 2.05) is 7.05 Å². The van der Waals surface area contributed by atoms with E-state index < -0.39 is 10.8 Å². The zero-order valence-corrected chi connectivity index (χ0v) is 12.1. The van der Waals surface area contributed by atoms with Gasteiger partial charge in [-0.15, -0.1) is 0 Å². The summed E-state index contributed by atoms with van der Waals surface area (Å²) in [5, 5.41) is 4.31. The quantitative estimate of drug-likeness (QED) is 0.842. The molecule has 2 saturated carbocycles. The third kappa shape index (κ3) is 3.31. The molecule has 0 saturated heterocycles. The second-order valence-corrected chi connectivity index (χ2v) is 7.87. The highest BCUT2D eigenvalue weighted by atomic mass is 32.2. The number of nitrogens with one attached hydrogen (secondary N) is 1. The molecule has 0 bridgehead atoms. The van der Waals surface area contributed by atoms with Crippen molar-refractivity contribution in [3.63, 3.8) is 0 Å². The maximum atomic E-state index is 12.7. The first-order valence-electron chi connectivity index (χ1n) is 7.29. The van der Waals surface area contributed by atoms with E-state index in [9.17, 15) is 4.21 Å². The summed E-state index contributed by atoms with van der Waals surface area (Å²) in [4.78, 5) is 0. The Bertz CT molecular complexity index is 263. The minimum atomic E-state index is -0.606. The van der Waals surface area contributed by atoms with Crippen LogP contribution in [0.15, 0.2) is 0 Å². The lowest BCUT2D eigenvalue weighted by atomic mass is 9.87. The molecule has 0 aromatic heterocycles. The summed E-state index contributed by atoms with van der Waals surface area (Å²) in [6.07, 6.45) is 10.0. The van der Waals surface area contributed by atoms with Gasteiger partial charge in [0.25, 0.3) is 0 Å². The monoisotopic (exact) mass is 257 g/mol. The van der Waals surface area contributed by atoms with E-state index in [-0.39, 0.29) is 0 Å². The van der Waals surface area contributed by atoms with Crippen LogP contribution in [0.4, 0.5) is 0 Å². The molecule has 0 heterocycles. The van der Waals surface area contributed by atoms with Crippen molar-refractivity contribution in [2.75, 3.05) is 7.05 Å². The summed E-state index contributed by atoms with van der Waals surface area (Å²) in [7, 11) is 1.43. The van der Waals surface area contributed by atoms with Crippen molar-refractivity contribution in [1.82, 2.24) is 5.32 Å². The lowest BCUT2D eigenvalue weighted by Gasteiger charge is -2.36. The zero-order chi connectivity index (χ0) is 12.3. The van der Waals surface area contributed by atoms with Crippen LogP contribution in [-0.4, -0.2) is 27.8 Å². The SMILES string of the molecule is CNC1CCC(C)CC1S(=O)C1CCCCC1. The van der Waals surface area contributed by atoms with Crippen molar-refractivity contribution in [1.29, 1.82) is 0 Å². The van der Waals surface area contributed by atoms with Crippen LogP contribution in [0, 0.1) is 5.92 Å². The van der Waals surface area contributed by atoms with Crippen LogP contribution >= 0.6 is 0 Å². The summed E-state index contributed by atoms with van der Waals surface area (Å²) in [6, 6.07) is 0.494. The minimum Gasteiger partial charge on any atom is -0.316 e. The third-order valence-electron chi connectivity index (χ3n) is 4.60. The largest absolute Gasteiger partial charge is 0.316 e. The van der Waals surface area contributed by atoms with Gasteiger partial charge in [0.05, 0.1) is 5.25 Å². The van der Waals surface area contributed by atoms with Crippen molar-refractivity contribution < 1.29 is 4.21 Å². The van der Waals surface area contributed by atoms with Crippen molar-refractivity contribution in [3.8, 4) is 0 Å². The van der Waals surface area contributed by atoms with Crippen LogP contribution in [0.2, 0.25) is 0 Å². The zero-order valence-electron chi connectivity index (χ0n) is 11.3. The van der Waals surface area contributed by atoms with E-state index in [0.29, 0.717) is 16.5 Å². The standard InChI is InChI=1S/C14H27NOS/c1-11-8-9-13(15-2)14(10-11)17(16)12-6-4-3-5-7-12/h11-15H,3-10H2,1-2H3. The molecule has 2 aliphatic rings. The van der Waals surface area contributed by atoms with E-state index in [4.69, 9.17) is 0 Å². The molecule has 2 aliphatic carbocycles. The van der Waals surface area contributed by atoms with Gasteiger partial charge in [0, 0.05) is 22.1 Å². The molecule has 0 spiro atoms. The van der Waals surface area contributed by atoms with Crippen molar-refractivity contribution >= 4 is 10.8 Å². The first-order valence-corrected chi connectivity index (χ1v) is 8.56. The van der Waals surface area contributed by atoms with Gasteiger partial charge in [0.15, 0.2) is 0 Å². The lowest BCUT2D eigenvalue weighted by Crippen LogP contribution is -2.47. The molecule has 17 heavy (non-hydrogen) atoms. The van der Waals surface area contributed by atoms with E-state index in [0.717, 1.165) is 12.3 Å². The highest BCUT2D eigenvalue weighted by molar-refractivity contribution is 7.86. The second kappa shape index (κ2) is 6.33. The van der Waals surface area contributed by atoms with Gasteiger partial charge in [-0.25, -0.2) is 0 Å². The van der Waals surface area contributed by atoms with E-state index in [1.165, 1.54) is 44.9 Å². The molecule has 100 valence electrons. The molecule has 3 heteroatoms. The fraction of sp³-hybridized carbons (Fsp3) is 1.00. The molecule has 0 amide bonds. The predicted molar refractivity (Wildman–Crippen MR) is 74.7 cm³/mol. The molecule has 0 aliphatic heterocycles. The fourth-order valence-corrected chi connectivity index (χ4v) is 5.87. The van der Waals surface area contributed by atoms with Crippen molar-refractivity contribution in [2.24, 2.45) is 5.92 Å². The Labute approximate surface area is 108 Å². The molecule has 1 N–H and O–H groups in total. The van der Waals surface area contributed by atoms with Crippen LogP contribution in [0.5, 0.6) is 0 Å². The Balaban J connectivity index is 1.99. The normalized spacial score (nSPS) is 37.9. The van der Waals surface area contributed by atoms with Gasteiger partial charge in [-0.05, 0) is 45.1 Å². The molecule has 4 atom stereocenters. The second-order valence-electron chi connectivity index (χ2n) is 5.94. The number of hydrogen-bond acceptors (Lipinski definition) is 2. The predicted octanol–water partition coefficient (Wildman–Crippen LogP) is 2.84. The number of rotatable bonds is 3. The third-order valence-corrected chi connectivity index (χ3v) is 6.85. The van der Waals surface area contributed by atoms with Crippen molar-refractivity contribution in [3.05, 3.63) is 0 Å². The summed E-state index contributed by atoms with van der Waals surface area (Å²) >= 11 is 0. The summed E-state index contributed by atoms with van der Waals surface area (Å²) in [6.45, 7) is 2.32. The summed E-state index contributed by atoms with van der Waals surface area (Å²) in [5.41, 5.74) is 0. The number of hydrogen-bond donors (Lipinski definition) is 1. The minimum absolute atomic E-state index is 0.409. The van der Waals surface area contributed by atoms with Crippen LogP contribution in [0.25, 0.3) is 0 Å². The van der Waals surface area contributed by atoms with Crippen LogP contribution in [0.1, 0.15) is 58.3 Å². The highest BCUT2D eigenvalue weighted by Crippen LogP contribution is 2.32. The Hall–Kier alpha value is 0.110. The van der Waals surface area contributed by atoms with Gasteiger partial charge in [-0.2, -0.15) is 0 Å². The molecule has 2 fully saturated rings. The molecule has 0 aromatic carbocycles. The molecule has 0 radical (unpaired) electrons. The molecule has 0 aromatic rings. The Morgan fingerprint density at radius 3 is 2.41 bits per heavy atom. The fourth-order valence-electron chi connectivity index (χ4n) is 3.46. The molecular weight excluding hydrogens is 230 g/mol. The van der Waals surface area contributed by atoms with Gasteiger partial charge in [-0.1, -0.05) is 26.2 Å². The highest BCUT2D eigenvalue weighted by Gasteiger charge is 2.35. The molecule has 2 nitrogen and oxygen atoms in total. The maximum absolute atomic E-state index is 12.7. The van der Waals surface area contributed by atoms with Crippen LogP contribution in [0.3, 0.4) is 0 Å². The van der Waals surface area contributed by atoms with Gasteiger partial charge in [0.1, 0.15) is 0 Å². The lowest BCUT2D eigenvalue weighted by molar-refractivity contribution is 0.322. The summed E-state index contributed by atoms with van der Waals surface area (Å²) < 4.78 is 12.7. The first-order chi connectivity index (χ1) is 8.22. The molecule has 2 rings (SSSR count). The van der Waals surface area contributed by atoms with Crippen LogP contribution < -0.4 is 5.32 Å².